The van der Waals surface area contributed by atoms with Crippen LogP contribution in [0.3, 0.4) is 0 Å². The summed E-state index contributed by atoms with van der Waals surface area (Å²) in [6, 6.07) is 43.9. The number of aromatic hydroxyl groups is 1. The maximum atomic E-state index is 12.6. The minimum atomic E-state index is -1.19. The van der Waals surface area contributed by atoms with Gasteiger partial charge in [0.05, 0.1) is 0 Å². The van der Waals surface area contributed by atoms with Gasteiger partial charge in [-0.15, -0.1) is 0 Å². The van der Waals surface area contributed by atoms with E-state index in [2.05, 4.69) is 28.9 Å². The largest absolute Gasteiger partial charge is 0.507 e. The van der Waals surface area contributed by atoms with Gasteiger partial charge in [-0.05, 0) is 68.0 Å². The molecule has 246 valence electrons. The van der Waals surface area contributed by atoms with E-state index in [9.17, 15) is 15.3 Å². The molecule has 2 aliphatic rings. The number of benzene rings is 5. The van der Waals surface area contributed by atoms with Crippen molar-refractivity contribution in [3.05, 3.63) is 172 Å². The van der Waals surface area contributed by atoms with E-state index in [1.54, 1.807) is 0 Å². The maximum Gasteiger partial charge on any atom is 0.130 e. The first kappa shape index (κ1) is 32.3. The van der Waals surface area contributed by atoms with E-state index < -0.39 is 11.2 Å². The van der Waals surface area contributed by atoms with Gasteiger partial charge in [-0.1, -0.05) is 139 Å². The van der Waals surface area contributed by atoms with Crippen LogP contribution < -0.4 is 0 Å². The molecule has 5 heteroatoms. The molecule has 48 heavy (non-hydrogen) atoms. The molecule has 7 rings (SSSR count). The predicted molar refractivity (Wildman–Crippen MR) is 191 cm³/mol. The first-order valence-electron chi connectivity index (χ1n) is 17.4. The average molecular weight is 639 g/mol. The Bertz CT molecular complexity index is 1590. The molecular formula is C43H46N2O3. The molecule has 5 nitrogen and oxygen atoms in total. The van der Waals surface area contributed by atoms with E-state index >= 15 is 0 Å². The van der Waals surface area contributed by atoms with Crippen molar-refractivity contribution in [3.63, 3.8) is 0 Å². The van der Waals surface area contributed by atoms with Crippen LogP contribution >= 0.6 is 0 Å². The van der Waals surface area contributed by atoms with E-state index in [0.717, 1.165) is 77.7 Å². The number of hydrogen-bond acceptors (Lipinski definition) is 5. The van der Waals surface area contributed by atoms with Crippen molar-refractivity contribution in [2.45, 2.75) is 69.0 Å². The zero-order valence-corrected chi connectivity index (χ0v) is 27.7. The second-order valence-electron chi connectivity index (χ2n) is 13.7. The topological polar surface area (TPSA) is 67.2 Å². The second kappa shape index (κ2) is 13.7. The monoisotopic (exact) mass is 638 g/mol. The summed E-state index contributed by atoms with van der Waals surface area (Å²) < 4.78 is 0. The molecule has 0 spiro atoms. The molecule has 0 amide bonds. The third-order valence-electron chi connectivity index (χ3n) is 10.7. The Morgan fingerprint density at radius 3 is 1.17 bits per heavy atom. The minimum Gasteiger partial charge on any atom is -0.507 e. The van der Waals surface area contributed by atoms with Gasteiger partial charge in [0.1, 0.15) is 17.0 Å². The van der Waals surface area contributed by atoms with Crippen LogP contribution in [0.1, 0.15) is 64.6 Å². The van der Waals surface area contributed by atoms with Crippen LogP contribution in [-0.2, 0) is 24.3 Å². The Kier molecular flexibility index (Phi) is 9.21. The first-order valence-corrected chi connectivity index (χ1v) is 17.4. The highest BCUT2D eigenvalue weighted by atomic mass is 16.3. The van der Waals surface area contributed by atoms with Crippen LogP contribution in [0, 0.1) is 6.92 Å². The summed E-state index contributed by atoms with van der Waals surface area (Å²) in [5, 5.41) is 37.2. The highest BCUT2D eigenvalue weighted by molar-refractivity contribution is 5.45. The summed E-state index contributed by atoms with van der Waals surface area (Å²) in [6.07, 6.45) is 3.65. The highest BCUT2D eigenvalue weighted by Gasteiger charge is 2.47. The molecule has 2 aliphatic heterocycles. The molecule has 2 saturated heterocycles. The lowest BCUT2D eigenvalue weighted by Gasteiger charge is -2.41. The van der Waals surface area contributed by atoms with Crippen LogP contribution in [0.4, 0.5) is 0 Å². The molecule has 0 bridgehead atoms. The van der Waals surface area contributed by atoms with E-state index in [1.807, 2.05) is 121 Å². The molecule has 0 saturated carbocycles. The molecule has 2 heterocycles. The number of phenolic OH excluding ortho intramolecular Hbond substituents is 1. The third kappa shape index (κ3) is 5.97. The summed E-state index contributed by atoms with van der Waals surface area (Å²) in [6.45, 7) is 4.84. The van der Waals surface area contributed by atoms with E-state index in [4.69, 9.17) is 0 Å². The fourth-order valence-electron chi connectivity index (χ4n) is 8.46. The zero-order valence-electron chi connectivity index (χ0n) is 27.7. The second-order valence-corrected chi connectivity index (χ2v) is 13.7. The fourth-order valence-corrected chi connectivity index (χ4v) is 8.46. The molecule has 2 atom stereocenters. The number of rotatable bonds is 10. The van der Waals surface area contributed by atoms with Crippen molar-refractivity contribution < 1.29 is 15.3 Å². The van der Waals surface area contributed by atoms with Crippen molar-refractivity contribution >= 4 is 0 Å². The van der Waals surface area contributed by atoms with Crippen LogP contribution in [0.25, 0.3) is 0 Å². The summed E-state index contributed by atoms with van der Waals surface area (Å²) in [5.41, 5.74) is 3.98. The molecule has 2 fully saturated rings. The van der Waals surface area contributed by atoms with E-state index in [1.165, 1.54) is 0 Å². The summed E-state index contributed by atoms with van der Waals surface area (Å²) >= 11 is 0. The lowest BCUT2D eigenvalue weighted by Crippen LogP contribution is -2.48. The van der Waals surface area contributed by atoms with Crippen molar-refractivity contribution in [2.24, 2.45) is 0 Å². The number of hydrogen-bond donors (Lipinski definition) is 3. The van der Waals surface area contributed by atoms with Crippen LogP contribution in [0.5, 0.6) is 5.75 Å². The number of aliphatic hydroxyl groups is 2. The van der Waals surface area contributed by atoms with E-state index in [0.29, 0.717) is 18.8 Å². The average Bonchev–Trinajstić information content (AvgIpc) is 3.81. The van der Waals surface area contributed by atoms with Gasteiger partial charge in [-0.25, -0.2) is 0 Å². The molecule has 0 radical (unpaired) electrons. The van der Waals surface area contributed by atoms with Crippen molar-refractivity contribution in [1.29, 1.82) is 0 Å². The van der Waals surface area contributed by atoms with Crippen LogP contribution in [0.15, 0.2) is 133 Å². The lowest BCUT2D eigenvalue weighted by atomic mass is 9.79. The summed E-state index contributed by atoms with van der Waals surface area (Å²) in [4.78, 5) is 4.70. The Morgan fingerprint density at radius 2 is 0.854 bits per heavy atom. The maximum absolute atomic E-state index is 12.6. The van der Waals surface area contributed by atoms with Gasteiger partial charge in [-0.2, -0.15) is 0 Å². The molecular weight excluding hydrogens is 592 g/mol. The van der Waals surface area contributed by atoms with Gasteiger partial charge in [-0.3, -0.25) is 9.80 Å². The van der Waals surface area contributed by atoms with Gasteiger partial charge in [0, 0.05) is 36.3 Å². The standard InChI is InChI=1S/C43H46N2O3/c1-32-28-33(30-44-26-14-24-39(44)42(47,35-16-6-2-7-17-35)36-18-8-3-9-19-36)41(46)34(29-32)31-45-27-15-25-40(45)43(48,37-20-10-4-11-21-37)38-22-12-5-13-23-38/h2-13,16-23,28-29,39-40,46-48H,14-15,24-27,30-31H2,1H3/t39-,40?/m1/s1. The Labute approximate surface area is 284 Å². The summed E-state index contributed by atoms with van der Waals surface area (Å²) in [7, 11) is 0. The van der Waals surface area contributed by atoms with Gasteiger partial charge in [0.25, 0.3) is 0 Å². The number of phenols is 1. The molecule has 0 aliphatic carbocycles. The predicted octanol–water partition coefficient (Wildman–Crippen LogP) is 7.50. The number of aryl methyl sites for hydroxylation is 1. The number of likely N-dealkylation sites (tertiary alicyclic amines) is 2. The zero-order chi connectivity index (χ0) is 33.1. The Morgan fingerprint density at radius 1 is 0.542 bits per heavy atom. The minimum absolute atomic E-state index is 0.152. The first-order chi connectivity index (χ1) is 23.4. The molecule has 5 aromatic carbocycles. The van der Waals surface area contributed by atoms with Gasteiger partial charge in [0.2, 0.25) is 0 Å². The number of nitrogens with zero attached hydrogens (tertiary/aromatic N) is 2. The quantitative estimate of drug-likeness (QED) is 0.148. The third-order valence-corrected chi connectivity index (χ3v) is 10.7. The van der Waals surface area contributed by atoms with Gasteiger partial charge < -0.3 is 15.3 Å². The van der Waals surface area contributed by atoms with Crippen molar-refractivity contribution in [3.8, 4) is 5.75 Å². The van der Waals surface area contributed by atoms with Crippen LogP contribution in [-0.4, -0.2) is 50.3 Å². The highest BCUT2D eigenvalue weighted by Crippen LogP contribution is 2.43. The van der Waals surface area contributed by atoms with E-state index in [-0.39, 0.29) is 12.1 Å². The van der Waals surface area contributed by atoms with Crippen LogP contribution in [0.2, 0.25) is 0 Å². The molecule has 0 aromatic heterocycles. The normalized spacial score (nSPS) is 19.1. The fraction of sp³-hybridized carbons (Fsp3) is 0.302. The summed E-state index contributed by atoms with van der Waals surface area (Å²) in [5.74, 6) is 0.308. The Balaban J connectivity index is 1.19. The van der Waals surface area contributed by atoms with Gasteiger partial charge in [0.15, 0.2) is 0 Å². The smallest absolute Gasteiger partial charge is 0.130 e. The van der Waals surface area contributed by atoms with Crippen molar-refractivity contribution in [2.75, 3.05) is 13.1 Å². The molecule has 5 aromatic rings. The lowest BCUT2D eigenvalue weighted by molar-refractivity contribution is -0.00734. The SMILES string of the molecule is Cc1cc(CN2CCCC2C(O)(c2ccccc2)c2ccccc2)c(O)c(CN2CCC[C@@H]2C(O)(c2ccccc2)c2ccccc2)c1. The molecule has 1 unspecified atom stereocenters. The van der Waals surface area contributed by atoms with Crippen molar-refractivity contribution in [1.82, 2.24) is 9.80 Å². The Hall–Kier alpha value is -4.26. The molecule has 3 N–H and O–H groups in total. The van der Waals surface area contributed by atoms with Gasteiger partial charge >= 0.3 is 0 Å².